The van der Waals surface area contributed by atoms with Crippen molar-refractivity contribution in [2.24, 2.45) is 0 Å². The van der Waals surface area contributed by atoms with E-state index in [2.05, 4.69) is 14.8 Å². The largest absolute Gasteiger partial charge is 0.487 e. The van der Waals surface area contributed by atoms with Crippen LogP contribution in [0, 0.1) is 0 Å². The maximum atomic E-state index is 12.7. The Bertz CT molecular complexity index is 1020. The summed E-state index contributed by atoms with van der Waals surface area (Å²) in [6, 6.07) is 8.65. The highest BCUT2D eigenvalue weighted by Gasteiger charge is 2.32. The molecule has 3 rings (SSSR count). The van der Waals surface area contributed by atoms with E-state index < -0.39 is 23.4 Å². The Labute approximate surface area is 173 Å². The number of anilines is 1. The van der Waals surface area contributed by atoms with Gasteiger partial charge in [-0.1, -0.05) is 0 Å². The minimum absolute atomic E-state index is 0.0759. The number of nitrogens with one attached hydrogen (secondary N) is 1. The zero-order valence-corrected chi connectivity index (χ0v) is 17.0. The third-order valence-corrected chi connectivity index (χ3v) is 4.55. The number of ether oxygens (including phenoxy) is 3. The molecule has 2 aromatic carbocycles. The van der Waals surface area contributed by atoms with Crippen LogP contribution in [0.15, 0.2) is 36.4 Å². The van der Waals surface area contributed by atoms with Crippen molar-refractivity contribution in [3.8, 4) is 5.75 Å². The van der Waals surface area contributed by atoms with Crippen molar-refractivity contribution in [1.82, 2.24) is 0 Å². The van der Waals surface area contributed by atoms with Crippen molar-refractivity contribution in [2.45, 2.75) is 25.9 Å². The lowest BCUT2D eigenvalue weighted by atomic mass is 9.92. The van der Waals surface area contributed by atoms with Gasteiger partial charge in [-0.25, -0.2) is 9.59 Å². The van der Waals surface area contributed by atoms with E-state index in [0.29, 0.717) is 11.3 Å². The number of benzene rings is 2. The summed E-state index contributed by atoms with van der Waals surface area (Å²) >= 11 is 0. The molecule has 0 aromatic heterocycles. The highest BCUT2D eigenvalue weighted by Crippen LogP contribution is 2.33. The molecule has 1 amide bonds. The highest BCUT2D eigenvalue weighted by molar-refractivity contribution is 6.08. The fraction of sp³-hybridized carbons (Fsp3) is 0.273. The van der Waals surface area contributed by atoms with Gasteiger partial charge in [-0.2, -0.15) is 0 Å². The van der Waals surface area contributed by atoms with Gasteiger partial charge in [0.1, 0.15) is 11.4 Å². The zero-order valence-electron chi connectivity index (χ0n) is 17.0. The fourth-order valence-electron chi connectivity index (χ4n) is 3.17. The minimum Gasteiger partial charge on any atom is -0.487 e. The standard InChI is InChI=1S/C22H21NO7/c1-22(2)11-17(24)16-10-12(5-6-18(16)30-22)19(25)23-15-8-13(20(26)28-3)7-14(9-15)21(27)29-4/h5-10H,11H2,1-4H3,(H,23,25). The fourth-order valence-corrected chi connectivity index (χ4v) is 3.17. The van der Waals surface area contributed by atoms with E-state index in [-0.39, 0.29) is 34.6 Å². The second-order valence-electron chi connectivity index (χ2n) is 7.41. The molecular weight excluding hydrogens is 390 g/mol. The van der Waals surface area contributed by atoms with Gasteiger partial charge in [0.2, 0.25) is 0 Å². The highest BCUT2D eigenvalue weighted by atomic mass is 16.5. The molecule has 1 aliphatic rings. The summed E-state index contributed by atoms with van der Waals surface area (Å²) in [5.41, 5.74) is 0.310. The van der Waals surface area contributed by atoms with Crippen LogP contribution in [0.1, 0.15) is 61.7 Å². The summed E-state index contributed by atoms with van der Waals surface area (Å²) in [4.78, 5) is 49.0. The van der Waals surface area contributed by atoms with Gasteiger partial charge in [0.25, 0.3) is 5.91 Å². The summed E-state index contributed by atoms with van der Waals surface area (Å²) < 4.78 is 15.2. The molecule has 8 heteroatoms. The van der Waals surface area contributed by atoms with Gasteiger partial charge in [0.05, 0.1) is 37.3 Å². The molecule has 0 aliphatic carbocycles. The van der Waals surface area contributed by atoms with Crippen LogP contribution in [-0.2, 0) is 9.47 Å². The van der Waals surface area contributed by atoms with Crippen molar-refractivity contribution in [1.29, 1.82) is 0 Å². The Morgan fingerprint density at radius 1 is 0.933 bits per heavy atom. The van der Waals surface area contributed by atoms with Crippen molar-refractivity contribution in [2.75, 3.05) is 19.5 Å². The molecule has 0 unspecified atom stereocenters. The second kappa shape index (κ2) is 7.98. The van der Waals surface area contributed by atoms with Gasteiger partial charge in [-0.05, 0) is 50.2 Å². The monoisotopic (exact) mass is 411 g/mol. The molecule has 1 aliphatic heterocycles. The first-order chi connectivity index (χ1) is 14.1. The smallest absolute Gasteiger partial charge is 0.337 e. The van der Waals surface area contributed by atoms with Crippen molar-refractivity contribution in [3.63, 3.8) is 0 Å². The Kier molecular flexibility index (Phi) is 5.60. The van der Waals surface area contributed by atoms with E-state index in [9.17, 15) is 19.2 Å². The average Bonchev–Trinajstić information content (AvgIpc) is 2.71. The van der Waals surface area contributed by atoms with E-state index in [0.717, 1.165) is 0 Å². The molecule has 0 fully saturated rings. The van der Waals surface area contributed by atoms with E-state index in [1.807, 2.05) is 13.8 Å². The predicted molar refractivity (Wildman–Crippen MR) is 107 cm³/mol. The van der Waals surface area contributed by atoms with Crippen LogP contribution in [0.3, 0.4) is 0 Å². The average molecular weight is 411 g/mol. The number of rotatable bonds is 4. The first kappa shape index (κ1) is 21.0. The SMILES string of the molecule is COC(=O)c1cc(NC(=O)c2ccc3c(c2)C(=O)CC(C)(C)O3)cc(C(=O)OC)c1. The summed E-state index contributed by atoms with van der Waals surface area (Å²) in [6.45, 7) is 3.64. The van der Waals surface area contributed by atoms with Gasteiger partial charge < -0.3 is 19.5 Å². The van der Waals surface area contributed by atoms with Crippen molar-refractivity contribution in [3.05, 3.63) is 58.7 Å². The topological polar surface area (TPSA) is 108 Å². The normalized spacial score (nSPS) is 14.2. The molecular formula is C22H21NO7. The Balaban J connectivity index is 1.91. The number of hydrogen-bond acceptors (Lipinski definition) is 7. The number of Topliss-reactive ketones (excluding diaryl/α,β-unsaturated/α-hetero) is 1. The van der Waals surface area contributed by atoms with Crippen LogP contribution in [0.25, 0.3) is 0 Å². The van der Waals surface area contributed by atoms with Gasteiger partial charge >= 0.3 is 11.9 Å². The maximum absolute atomic E-state index is 12.7. The molecule has 1 heterocycles. The molecule has 8 nitrogen and oxygen atoms in total. The molecule has 30 heavy (non-hydrogen) atoms. The molecule has 1 N–H and O–H groups in total. The van der Waals surface area contributed by atoms with Crippen LogP contribution in [-0.4, -0.2) is 43.4 Å². The molecule has 2 aromatic rings. The lowest BCUT2D eigenvalue weighted by molar-refractivity contribution is 0.0591. The van der Waals surface area contributed by atoms with Crippen LogP contribution in [0.4, 0.5) is 5.69 Å². The number of fused-ring (bicyclic) bond motifs is 1. The van der Waals surface area contributed by atoms with Gasteiger partial charge in [0.15, 0.2) is 5.78 Å². The van der Waals surface area contributed by atoms with Gasteiger partial charge in [-0.15, -0.1) is 0 Å². The first-order valence-electron chi connectivity index (χ1n) is 9.13. The van der Waals surface area contributed by atoms with Crippen LogP contribution >= 0.6 is 0 Å². The molecule has 0 saturated carbocycles. The number of amides is 1. The summed E-state index contributed by atoms with van der Waals surface area (Å²) in [5.74, 6) is -1.55. The lowest BCUT2D eigenvalue weighted by Crippen LogP contribution is -2.36. The Hall–Kier alpha value is -3.68. The van der Waals surface area contributed by atoms with E-state index in [4.69, 9.17) is 4.74 Å². The van der Waals surface area contributed by atoms with Crippen LogP contribution in [0.2, 0.25) is 0 Å². The molecule has 0 spiro atoms. The Morgan fingerprint density at radius 3 is 2.10 bits per heavy atom. The number of hydrogen-bond donors (Lipinski definition) is 1. The second-order valence-corrected chi connectivity index (χ2v) is 7.41. The number of esters is 2. The summed E-state index contributed by atoms with van der Waals surface area (Å²) in [6.07, 6.45) is 0.203. The Morgan fingerprint density at radius 2 is 1.53 bits per heavy atom. The van der Waals surface area contributed by atoms with E-state index in [1.54, 1.807) is 6.07 Å². The molecule has 0 radical (unpaired) electrons. The third-order valence-electron chi connectivity index (χ3n) is 4.55. The number of methoxy groups -OCH3 is 2. The minimum atomic E-state index is -0.671. The first-order valence-corrected chi connectivity index (χ1v) is 9.13. The summed E-state index contributed by atoms with van der Waals surface area (Å²) in [5, 5.41) is 2.63. The lowest BCUT2D eigenvalue weighted by Gasteiger charge is -2.31. The quantitative estimate of drug-likeness (QED) is 0.769. The third kappa shape index (κ3) is 4.32. The molecule has 0 saturated heterocycles. The number of carbonyl (C=O) groups excluding carboxylic acids is 4. The number of carbonyl (C=O) groups is 4. The maximum Gasteiger partial charge on any atom is 0.337 e. The van der Waals surface area contributed by atoms with E-state index in [1.165, 1.54) is 44.6 Å². The van der Waals surface area contributed by atoms with Crippen molar-refractivity contribution >= 4 is 29.3 Å². The summed E-state index contributed by atoms with van der Waals surface area (Å²) in [7, 11) is 2.41. The van der Waals surface area contributed by atoms with Crippen LogP contribution < -0.4 is 10.1 Å². The van der Waals surface area contributed by atoms with Crippen LogP contribution in [0.5, 0.6) is 5.75 Å². The molecule has 0 bridgehead atoms. The number of ketones is 1. The van der Waals surface area contributed by atoms with E-state index >= 15 is 0 Å². The molecule has 156 valence electrons. The molecule has 0 atom stereocenters. The van der Waals surface area contributed by atoms with Crippen molar-refractivity contribution < 1.29 is 33.4 Å². The van der Waals surface area contributed by atoms with Gasteiger partial charge in [-0.3, -0.25) is 9.59 Å². The predicted octanol–water partition coefficient (Wildman–Crippen LogP) is 3.26. The zero-order chi connectivity index (χ0) is 22.1. The van der Waals surface area contributed by atoms with Gasteiger partial charge in [0, 0.05) is 11.3 Å².